The molecule has 2 rings (SSSR count). The number of aromatic nitrogens is 2. The first kappa shape index (κ1) is 13.9. The Balaban J connectivity index is 2.04. The molecule has 5 heteroatoms. The molecule has 0 saturated carbocycles. The third-order valence-corrected chi connectivity index (χ3v) is 3.96. The molecule has 0 spiro atoms. The van der Waals surface area contributed by atoms with Crippen molar-refractivity contribution in [1.29, 1.82) is 0 Å². The number of rotatable bonds is 5. The molecule has 96 valence electrons. The number of hydrogen-bond donors (Lipinski definition) is 1. The highest BCUT2D eigenvalue weighted by Gasteiger charge is 2.04. The summed E-state index contributed by atoms with van der Waals surface area (Å²) in [5.74, 6) is 1.07. The van der Waals surface area contributed by atoms with Gasteiger partial charge in [-0.05, 0) is 63.1 Å². The summed E-state index contributed by atoms with van der Waals surface area (Å²) >= 11 is 5.87. The molecular formula is C13H15BrIN3. The highest BCUT2D eigenvalue weighted by Crippen LogP contribution is 2.24. The van der Waals surface area contributed by atoms with E-state index in [2.05, 4.69) is 78.5 Å². The van der Waals surface area contributed by atoms with Crippen LogP contribution in [0.25, 0.3) is 0 Å². The van der Waals surface area contributed by atoms with Crippen LogP contribution < -0.4 is 5.32 Å². The molecule has 1 aromatic carbocycles. The lowest BCUT2D eigenvalue weighted by Gasteiger charge is -2.10. The van der Waals surface area contributed by atoms with E-state index in [1.165, 1.54) is 3.57 Å². The third-order valence-electron chi connectivity index (χ3n) is 2.63. The molecule has 2 aromatic rings. The van der Waals surface area contributed by atoms with Crippen molar-refractivity contribution in [3.8, 4) is 0 Å². The predicted octanol–water partition coefficient (Wildman–Crippen LogP) is 4.27. The minimum Gasteiger partial charge on any atom is -0.377 e. The van der Waals surface area contributed by atoms with Crippen molar-refractivity contribution >= 4 is 44.2 Å². The lowest BCUT2D eigenvalue weighted by Crippen LogP contribution is -2.08. The first-order valence-corrected chi connectivity index (χ1v) is 7.77. The van der Waals surface area contributed by atoms with Crippen LogP contribution in [0, 0.1) is 3.57 Å². The molecule has 1 aromatic heterocycles. The van der Waals surface area contributed by atoms with Crippen molar-refractivity contribution in [2.24, 2.45) is 0 Å². The summed E-state index contributed by atoms with van der Waals surface area (Å²) in [7, 11) is 0. The van der Waals surface area contributed by atoms with Gasteiger partial charge in [0.15, 0.2) is 0 Å². The standard InChI is InChI=1S/C13H15BrIN3/c1-2-6-18-7-5-16-13(18)9-17-12-4-3-10(15)8-11(12)14/h3-5,7-8,17H,2,6,9H2,1H3. The molecule has 18 heavy (non-hydrogen) atoms. The van der Waals surface area contributed by atoms with E-state index in [9.17, 15) is 0 Å². The number of aryl methyl sites for hydroxylation is 1. The SMILES string of the molecule is CCCn1ccnc1CNc1ccc(I)cc1Br. The average Bonchev–Trinajstić information content (AvgIpc) is 2.76. The Morgan fingerprint density at radius 2 is 2.28 bits per heavy atom. The summed E-state index contributed by atoms with van der Waals surface area (Å²) in [5, 5.41) is 3.41. The van der Waals surface area contributed by atoms with E-state index in [1.54, 1.807) is 0 Å². The quantitative estimate of drug-likeness (QED) is 0.733. The van der Waals surface area contributed by atoms with Crippen LogP contribution in [0.1, 0.15) is 19.2 Å². The zero-order valence-electron chi connectivity index (χ0n) is 10.2. The smallest absolute Gasteiger partial charge is 0.128 e. The molecule has 0 aliphatic rings. The van der Waals surface area contributed by atoms with E-state index in [0.29, 0.717) is 0 Å². The molecule has 0 amide bonds. The highest BCUT2D eigenvalue weighted by molar-refractivity contribution is 14.1. The molecule has 0 saturated heterocycles. The summed E-state index contributed by atoms with van der Waals surface area (Å²) in [6.07, 6.45) is 5.01. The zero-order chi connectivity index (χ0) is 13.0. The monoisotopic (exact) mass is 419 g/mol. The van der Waals surface area contributed by atoms with E-state index in [1.807, 2.05) is 12.4 Å². The Morgan fingerprint density at radius 3 is 3.00 bits per heavy atom. The van der Waals surface area contributed by atoms with Gasteiger partial charge in [0, 0.05) is 32.7 Å². The number of benzene rings is 1. The zero-order valence-corrected chi connectivity index (χ0v) is 13.9. The summed E-state index contributed by atoms with van der Waals surface area (Å²) < 4.78 is 4.49. The van der Waals surface area contributed by atoms with Gasteiger partial charge in [-0.2, -0.15) is 0 Å². The number of imidazole rings is 1. The lowest BCUT2D eigenvalue weighted by molar-refractivity contribution is 0.644. The van der Waals surface area contributed by atoms with Crippen LogP contribution in [0.3, 0.4) is 0 Å². The van der Waals surface area contributed by atoms with E-state index < -0.39 is 0 Å². The van der Waals surface area contributed by atoms with Crippen LogP contribution in [-0.4, -0.2) is 9.55 Å². The van der Waals surface area contributed by atoms with Gasteiger partial charge in [0.1, 0.15) is 5.82 Å². The Labute approximate surface area is 129 Å². The summed E-state index contributed by atoms with van der Waals surface area (Å²) in [6.45, 7) is 3.93. The van der Waals surface area contributed by atoms with Crippen molar-refractivity contribution in [3.63, 3.8) is 0 Å². The normalized spacial score (nSPS) is 10.6. The van der Waals surface area contributed by atoms with Crippen molar-refractivity contribution in [1.82, 2.24) is 9.55 Å². The molecule has 0 fully saturated rings. The molecule has 0 radical (unpaired) electrons. The van der Waals surface area contributed by atoms with E-state index in [4.69, 9.17) is 0 Å². The molecule has 0 aliphatic carbocycles. The van der Waals surface area contributed by atoms with Crippen LogP contribution in [-0.2, 0) is 13.1 Å². The third kappa shape index (κ3) is 3.47. The largest absolute Gasteiger partial charge is 0.377 e. The number of hydrogen-bond acceptors (Lipinski definition) is 2. The predicted molar refractivity (Wildman–Crippen MR) is 86.7 cm³/mol. The van der Waals surface area contributed by atoms with Crippen molar-refractivity contribution < 1.29 is 0 Å². The first-order chi connectivity index (χ1) is 8.70. The maximum absolute atomic E-state index is 4.38. The number of anilines is 1. The minimum atomic E-state index is 0.742. The molecule has 0 atom stereocenters. The number of nitrogens with one attached hydrogen (secondary N) is 1. The Hall–Kier alpha value is -0.560. The number of nitrogens with zero attached hydrogens (tertiary/aromatic N) is 2. The van der Waals surface area contributed by atoms with Crippen molar-refractivity contribution in [3.05, 3.63) is 44.5 Å². The van der Waals surface area contributed by atoms with Gasteiger partial charge < -0.3 is 9.88 Å². The maximum Gasteiger partial charge on any atom is 0.128 e. The molecule has 0 aliphatic heterocycles. The van der Waals surface area contributed by atoms with Gasteiger partial charge in [-0.1, -0.05) is 6.92 Å². The Kier molecular flexibility index (Phi) is 5.05. The molecule has 0 unspecified atom stereocenters. The second-order valence-corrected chi connectivity index (χ2v) is 6.11. The molecule has 0 bridgehead atoms. The second kappa shape index (κ2) is 6.56. The van der Waals surface area contributed by atoms with Gasteiger partial charge in [-0.3, -0.25) is 0 Å². The van der Waals surface area contributed by atoms with Crippen LogP contribution in [0.5, 0.6) is 0 Å². The fraction of sp³-hybridized carbons (Fsp3) is 0.308. The molecular weight excluding hydrogens is 405 g/mol. The fourth-order valence-electron chi connectivity index (χ4n) is 1.76. The van der Waals surface area contributed by atoms with Gasteiger partial charge in [0.25, 0.3) is 0 Å². The fourth-order valence-corrected chi connectivity index (χ4v) is 3.20. The van der Waals surface area contributed by atoms with Crippen LogP contribution in [0.15, 0.2) is 35.1 Å². The van der Waals surface area contributed by atoms with Gasteiger partial charge in [0.2, 0.25) is 0 Å². The summed E-state index contributed by atoms with van der Waals surface area (Å²) in [5.41, 5.74) is 1.10. The Morgan fingerprint density at radius 1 is 1.44 bits per heavy atom. The molecule has 3 nitrogen and oxygen atoms in total. The molecule has 1 heterocycles. The van der Waals surface area contributed by atoms with Crippen LogP contribution >= 0.6 is 38.5 Å². The van der Waals surface area contributed by atoms with Gasteiger partial charge >= 0.3 is 0 Å². The van der Waals surface area contributed by atoms with Crippen LogP contribution in [0.2, 0.25) is 0 Å². The summed E-state index contributed by atoms with van der Waals surface area (Å²) in [6, 6.07) is 6.27. The highest BCUT2D eigenvalue weighted by atomic mass is 127. The van der Waals surface area contributed by atoms with E-state index in [0.717, 1.165) is 35.5 Å². The topological polar surface area (TPSA) is 29.9 Å². The lowest BCUT2D eigenvalue weighted by atomic mass is 10.3. The van der Waals surface area contributed by atoms with Gasteiger partial charge in [-0.15, -0.1) is 0 Å². The number of halogens is 2. The van der Waals surface area contributed by atoms with Gasteiger partial charge in [-0.25, -0.2) is 4.98 Å². The minimum absolute atomic E-state index is 0.742. The van der Waals surface area contributed by atoms with Gasteiger partial charge in [0.05, 0.1) is 6.54 Å². The van der Waals surface area contributed by atoms with Crippen LogP contribution in [0.4, 0.5) is 5.69 Å². The maximum atomic E-state index is 4.38. The van der Waals surface area contributed by atoms with E-state index >= 15 is 0 Å². The first-order valence-electron chi connectivity index (χ1n) is 5.89. The average molecular weight is 420 g/mol. The molecule has 1 N–H and O–H groups in total. The second-order valence-electron chi connectivity index (χ2n) is 4.01. The summed E-state index contributed by atoms with van der Waals surface area (Å²) in [4.78, 5) is 4.38. The van der Waals surface area contributed by atoms with Crippen molar-refractivity contribution in [2.45, 2.75) is 26.4 Å². The van der Waals surface area contributed by atoms with Crippen molar-refractivity contribution in [2.75, 3.05) is 5.32 Å². The van der Waals surface area contributed by atoms with E-state index in [-0.39, 0.29) is 0 Å². The Bertz CT molecular complexity index is 525.